The van der Waals surface area contributed by atoms with Crippen LogP contribution in [0.1, 0.15) is 31.9 Å². The van der Waals surface area contributed by atoms with Crippen LogP contribution >= 0.6 is 11.6 Å². The first-order chi connectivity index (χ1) is 15.0. The van der Waals surface area contributed by atoms with E-state index >= 15 is 0 Å². The Balaban J connectivity index is 1.72. The second kappa shape index (κ2) is 9.28. The number of amidine groups is 1. The van der Waals surface area contributed by atoms with Crippen molar-refractivity contribution in [2.75, 3.05) is 23.4 Å². The van der Waals surface area contributed by atoms with Crippen LogP contribution in [0.2, 0.25) is 5.02 Å². The van der Waals surface area contributed by atoms with Gasteiger partial charge < -0.3 is 25.8 Å². The minimum absolute atomic E-state index is 0.0196. The first-order valence-electron chi connectivity index (χ1n) is 10.2. The number of nitrogens with two attached hydrogens (primary N) is 1. The van der Waals surface area contributed by atoms with Gasteiger partial charge in [-0.25, -0.2) is 0 Å². The summed E-state index contributed by atoms with van der Waals surface area (Å²) in [7, 11) is 0. The zero-order chi connectivity index (χ0) is 23.6. The van der Waals surface area contributed by atoms with Crippen LogP contribution in [0.4, 0.5) is 11.4 Å². The van der Waals surface area contributed by atoms with Crippen molar-refractivity contribution in [2.24, 2.45) is 5.73 Å². The lowest BCUT2D eigenvalue weighted by molar-refractivity contribution is -0.150. The van der Waals surface area contributed by atoms with Gasteiger partial charge in [-0.2, -0.15) is 0 Å². The molecule has 0 aliphatic carbocycles. The number of hydrogen-bond acceptors (Lipinski definition) is 5. The summed E-state index contributed by atoms with van der Waals surface area (Å²) in [4.78, 5) is 27.1. The molecule has 0 spiro atoms. The number of carbonyl (C=O) groups is 2. The van der Waals surface area contributed by atoms with E-state index in [2.05, 4.69) is 26.1 Å². The number of anilines is 2. The Kier molecular flexibility index (Phi) is 6.88. The molecule has 2 aromatic carbocycles. The van der Waals surface area contributed by atoms with Crippen molar-refractivity contribution in [2.45, 2.75) is 38.4 Å². The third kappa shape index (κ3) is 5.09. The number of benzene rings is 2. The van der Waals surface area contributed by atoms with Gasteiger partial charge >= 0.3 is 0 Å². The third-order valence-corrected chi connectivity index (χ3v) is 5.57. The molecule has 2 atom stereocenters. The average Bonchev–Trinajstić information content (AvgIpc) is 2.74. The Hall–Kier alpha value is -2.94. The third-order valence-electron chi connectivity index (χ3n) is 5.26. The van der Waals surface area contributed by atoms with Crippen LogP contribution in [-0.2, 0) is 19.7 Å². The highest BCUT2D eigenvalue weighted by Gasteiger charge is 2.39. The minimum Gasteiger partial charge on any atom is -0.384 e. The maximum absolute atomic E-state index is 13.0. The molecule has 2 amide bonds. The maximum atomic E-state index is 13.0. The van der Waals surface area contributed by atoms with Gasteiger partial charge in [0, 0.05) is 17.8 Å². The molecule has 1 aliphatic rings. The van der Waals surface area contributed by atoms with E-state index in [1.165, 1.54) is 23.1 Å². The van der Waals surface area contributed by atoms with Crippen molar-refractivity contribution >= 4 is 40.6 Å². The number of halogens is 1. The van der Waals surface area contributed by atoms with E-state index in [0.29, 0.717) is 17.8 Å². The number of amides is 2. The summed E-state index contributed by atoms with van der Waals surface area (Å²) in [6.07, 6.45) is -3.08. The van der Waals surface area contributed by atoms with E-state index in [9.17, 15) is 14.7 Å². The second-order valence-corrected chi connectivity index (χ2v) is 9.03. The number of carbonyl (C=O) groups excluding carboxylic acids is 2. The summed E-state index contributed by atoms with van der Waals surface area (Å²) < 4.78 is 5.44. The van der Waals surface area contributed by atoms with Gasteiger partial charge in [-0.3, -0.25) is 15.0 Å². The lowest BCUT2D eigenvalue weighted by atomic mass is 9.87. The number of rotatable bonds is 5. The zero-order valence-electron chi connectivity index (χ0n) is 18.2. The predicted octanol–water partition coefficient (Wildman–Crippen LogP) is 2.65. The summed E-state index contributed by atoms with van der Waals surface area (Å²) in [5.41, 5.74) is 7.82. The van der Waals surface area contributed by atoms with E-state index in [0.717, 1.165) is 5.56 Å². The number of nitrogens with zero attached hydrogens (tertiary/aromatic N) is 1. The molecule has 170 valence electrons. The normalized spacial score (nSPS) is 17.7. The van der Waals surface area contributed by atoms with Crippen LogP contribution in [0.15, 0.2) is 42.5 Å². The molecule has 9 heteroatoms. The van der Waals surface area contributed by atoms with Gasteiger partial charge in [0.2, 0.25) is 0 Å². The van der Waals surface area contributed by atoms with Crippen LogP contribution in [0.3, 0.4) is 0 Å². The Morgan fingerprint density at radius 3 is 2.50 bits per heavy atom. The fraction of sp³-hybridized carbons (Fsp3) is 0.348. The second-order valence-electron chi connectivity index (χ2n) is 8.62. The molecule has 8 nitrogen and oxygen atoms in total. The molecule has 0 radical (unpaired) electrons. The molecule has 5 N–H and O–H groups in total. The average molecular weight is 459 g/mol. The molecule has 1 heterocycles. The minimum atomic E-state index is -1.73. The number of hydrogen-bond donors (Lipinski definition) is 4. The van der Waals surface area contributed by atoms with Crippen molar-refractivity contribution in [3.63, 3.8) is 0 Å². The van der Waals surface area contributed by atoms with Gasteiger partial charge in [0.1, 0.15) is 5.84 Å². The van der Waals surface area contributed by atoms with Crippen LogP contribution in [0, 0.1) is 5.41 Å². The van der Waals surface area contributed by atoms with Gasteiger partial charge in [0.25, 0.3) is 11.8 Å². The first kappa shape index (κ1) is 23.7. The Labute approximate surface area is 191 Å². The predicted molar refractivity (Wildman–Crippen MR) is 124 cm³/mol. The monoisotopic (exact) mass is 458 g/mol. The highest BCUT2D eigenvalue weighted by molar-refractivity contribution is 6.34. The lowest BCUT2D eigenvalue weighted by Crippen LogP contribution is -2.55. The molecule has 3 rings (SSSR count). The van der Waals surface area contributed by atoms with Crippen molar-refractivity contribution in [3.8, 4) is 0 Å². The van der Waals surface area contributed by atoms with Gasteiger partial charge in [0.05, 0.1) is 17.3 Å². The molecule has 0 saturated carbocycles. The molecule has 32 heavy (non-hydrogen) atoms. The summed E-state index contributed by atoms with van der Waals surface area (Å²) in [5, 5.41) is 20.6. The van der Waals surface area contributed by atoms with Gasteiger partial charge in [-0.1, -0.05) is 44.5 Å². The van der Waals surface area contributed by atoms with Crippen molar-refractivity contribution in [1.82, 2.24) is 0 Å². The molecule has 0 aromatic heterocycles. The smallest absolute Gasteiger partial charge is 0.259 e. The summed E-state index contributed by atoms with van der Waals surface area (Å²) in [6, 6.07) is 12.0. The van der Waals surface area contributed by atoms with Crippen LogP contribution in [-0.4, -0.2) is 48.1 Å². The Morgan fingerprint density at radius 1 is 1.28 bits per heavy atom. The number of ether oxygens (including phenoxy) is 1. The van der Waals surface area contributed by atoms with E-state index in [1.54, 1.807) is 0 Å². The Bertz CT molecular complexity index is 1030. The number of nitrogen functional groups attached to an aromatic ring is 1. The molecule has 1 aliphatic heterocycles. The maximum Gasteiger partial charge on any atom is 0.259 e. The van der Waals surface area contributed by atoms with Crippen molar-refractivity contribution in [3.05, 3.63) is 58.6 Å². The lowest BCUT2D eigenvalue weighted by Gasteiger charge is -2.34. The van der Waals surface area contributed by atoms with Crippen LogP contribution < -0.4 is 16.0 Å². The van der Waals surface area contributed by atoms with Crippen molar-refractivity contribution < 1.29 is 19.4 Å². The molecule has 1 saturated heterocycles. The van der Waals surface area contributed by atoms with Gasteiger partial charge in [-0.05, 0) is 41.3 Å². The first-order valence-corrected chi connectivity index (χ1v) is 10.5. The number of nitrogens with one attached hydrogen (secondary N) is 2. The van der Waals surface area contributed by atoms with E-state index in [-0.39, 0.29) is 28.6 Å². The number of morpholine rings is 1. The van der Waals surface area contributed by atoms with E-state index < -0.39 is 24.0 Å². The van der Waals surface area contributed by atoms with Crippen LogP contribution in [0.5, 0.6) is 0 Å². The molecule has 1 unspecified atom stereocenters. The number of aliphatic hydroxyl groups is 1. The number of aliphatic hydroxyl groups excluding tert-OH is 1. The molecular weight excluding hydrogens is 432 g/mol. The quantitative estimate of drug-likeness (QED) is 0.404. The highest BCUT2D eigenvalue weighted by Crippen LogP contribution is 2.27. The summed E-state index contributed by atoms with van der Waals surface area (Å²) in [6.45, 7) is 6.80. The zero-order valence-corrected chi connectivity index (χ0v) is 18.9. The van der Waals surface area contributed by atoms with Crippen LogP contribution in [0.25, 0.3) is 0 Å². The summed E-state index contributed by atoms with van der Waals surface area (Å²) in [5.74, 6) is -1.49. The molecule has 2 aromatic rings. The fourth-order valence-corrected chi connectivity index (χ4v) is 3.59. The summed E-state index contributed by atoms with van der Waals surface area (Å²) >= 11 is 6.13. The van der Waals surface area contributed by atoms with Gasteiger partial charge in [0.15, 0.2) is 12.2 Å². The molecule has 1 fully saturated rings. The van der Waals surface area contributed by atoms with Crippen molar-refractivity contribution in [1.29, 1.82) is 5.41 Å². The van der Waals surface area contributed by atoms with Gasteiger partial charge in [-0.15, -0.1) is 0 Å². The SMILES string of the molecule is CC(C)(C)c1ccc(N2CCOC([C@@H](O)C(=O)Nc3ccc(C(=N)N)cc3Cl)C2=O)cc1. The standard InChI is InChI=1S/C23H27ClN4O4/c1-23(2,3)14-5-7-15(8-6-14)28-10-11-32-19(22(28)31)18(29)21(30)27-17-9-4-13(20(25)26)12-16(17)24/h4-9,12,18-19,29H,10-11H2,1-3H3,(H3,25,26)(H,27,30)/t18-,19?/m1/s1. The molecular formula is C23H27ClN4O4. The largest absolute Gasteiger partial charge is 0.384 e. The Morgan fingerprint density at radius 2 is 1.94 bits per heavy atom. The molecule has 0 bridgehead atoms. The fourth-order valence-electron chi connectivity index (χ4n) is 3.36. The van der Waals surface area contributed by atoms with E-state index in [1.807, 2.05) is 24.3 Å². The highest BCUT2D eigenvalue weighted by atomic mass is 35.5. The van der Waals surface area contributed by atoms with E-state index in [4.69, 9.17) is 27.5 Å². The topological polar surface area (TPSA) is 129 Å².